The lowest BCUT2D eigenvalue weighted by molar-refractivity contribution is -0.132. The molecule has 0 spiro atoms. The van der Waals surface area contributed by atoms with Crippen LogP contribution in [0.1, 0.15) is 23.0 Å². The summed E-state index contributed by atoms with van der Waals surface area (Å²) in [5.41, 5.74) is 2.91. The fourth-order valence-electron chi connectivity index (χ4n) is 3.04. The lowest BCUT2D eigenvalue weighted by Gasteiger charge is -2.29. The first-order chi connectivity index (χ1) is 13.0. The molecule has 2 aromatic carbocycles. The van der Waals surface area contributed by atoms with E-state index in [4.69, 9.17) is 0 Å². The highest BCUT2D eigenvalue weighted by Gasteiger charge is 2.29. The van der Waals surface area contributed by atoms with E-state index in [1.165, 1.54) is 0 Å². The minimum Gasteiger partial charge on any atom is -0.330 e. The van der Waals surface area contributed by atoms with Crippen molar-refractivity contribution in [3.8, 4) is 5.69 Å². The van der Waals surface area contributed by atoms with Gasteiger partial charge in [-0.3, -0.25) is 4.79 Å². The van der Waals surface area contributed by atoms with E-state index >= 15 is 0 Å². The monoisotopic (exact) mass is 364 g/mol. The molecule has 1 heterocycles. The van der Waals surface area contributed by atoms with Gasteiger partial charge in [-0.2, -0.15) is 4.68 Å². The maximum Gasteiger partial charge on any atom is 0.237 e. The molecular weight excluding hydrogens is 340 g/mol. The maximum absolute atomic E-state index is 12.8. The highest BCUT2D eigenvalue weighted by molar-refractivity contribution is 5.78. The van der Waals surface area contributed by atoms with Gasteiger partial charge < -0.3 is 9.80 Å². The van der Waals surface area contributed by atoms with Crippen LogP contribution in [0.3, 0.4) is 0 Å². The molecule has 3 rings (SSSR count). The summed E-state index contributed by atoms with van der Waals surface area (Å²) in [4.78, 5) is 16.3. The van der Waals surface area contributed by atoms with Crippen molar-refractivity contribution in [1.82, 2.24) is 30.0 Å². The number of carbonyl (C=O) groups excluding carboxylic acids is 1. The van der Waals surface area contributed by atoms with E-state index in [1.807, 2.05) is 80.5 Å². The Balaban J connectivity index is 2.09. The van der Waals surface area contributed by atoms with Crippen LogP contribution in [0.15, 0.2) is 54.6 Å². The molecule has 140 valence electrons. The second-order valence-electron chi connectivity index (χ2n) is 6.79. The number of tetrazole rings is 1. The van der Waals surface area contributed by atoms with E-state index in [0.717, 1.165) is 16.8 Å². The van der Waals surface area contributed by atoms with Crippen molar-refractivity contribution in [3.05, 3.63) is 71.5 Å². The van der Waals surface area contributed by atoms with E-state index in [-0.39, 0.29) is 5.91 Å². The van der Waals surface area contributed by atoms with Gasteiger partial charge in [0.05, 0.1) is 12.2 Å². The summed E-state index contributed by atoms with van der Waals surface area (Å²) >= 11 is 0. The van der Waals surface area contributed by atoms with Crippen molar-refractivity contribution in [2.75, 3.05) is 27.7 Å². The van der Waals surface area contributed by atoms with E-state index in [0.29, 0.717) is 12.4 Å². The minimum atomic E-state index is -0.395. The number of para-hydroxylation sites is 1. The zero-order valence-electron chi connectivity index (χ0n) is 16.1. The highest BCUT2D eigenvalue weighted by atomic mass is 16.2. The fraction of sp³-hybridized carbons (Fsp3) is 0.300. The van der Waals surface area contributed by atoms with E-state index in [9.17, 15) is 4.79 Å². The first-order valence-electron chi connectivity index (χ1n) is 8.78. The third-order valence-corrected chi connectivity index (χ3v) is 4.43. The average molecular weight is 364 g/mol. The smallest absolute Gasteiger partial charge is 0.237 e. The van der Waals surface area contributed by atoms with Crippen molar-refractivity contribution in [2.45, 2.75) is 13.0 Å². The van der Waals surface area contributed by atoms with E-state index < -0.39 is 6.04 Å². The van der Waals surface area contributed by atoms with Crippen molar-refractivity contribution >= 4 is 5.91 Å². The van der Waals surface area contributed by atoms with Gasteiger partial charge in [-0.25, -0.2) is 0 Å². The van der Waals surface area contributed by atoms with Crippen LogP contribution in [0.4, 0.5) is 0 Å². The molecule has 0 radical (unpaired) electrons. The molecular formula is C20H24N6O. The molecule has 0 unspecified atom stereocenters. The molecule has 0 saturated heterocycles. The Hall–Kier alpha value is -3.06. The third kappa shape index (κ3) is 4.03. The number of amides is 1. The van der Waals surface area contributed by atoms with Gasteiger partial charge in [-0.15, -0.1) is 5.10 Å². The molecule has 0 aliphatic rings. The number of benzene rings is 2. The molecule has 27 heavy (non-hydrogen) atoms. The van der Waals surface area contributed by atoms with Gasteiger partial charge >= 0.3 is 0 Å². The number of nitrogens with zero attached hydrogens (tertiary/aromatic N) is 6. The second-order valence-corrected chi connectivity index (χ2v) is 6.79. The largest absolute Gasteiger partial charge is 0.330 e. The predicted octanol–water partition coefficient (Wildman–Crippen LogP) is 2.08. The Labute approximate surface area is 159 Å². The predicted molar refractivity (Wildman–Crippen MR) is 104 cm³/mol. The Morgan fingerprint density at radius 2 is 1.70 bits per heavy atom. The first-order valence-corrected chi connectivity index (χ1v) is 8.78. The first kappa shape index (κ1) is 18.7. The summed E-state index contributed by atoms with van der Waals surface area (Å²) in [5, 5.41) is 12.4. The van der Waals surface area contributed by atoms with Crippen LogP contribution in [0, 0.1) is 6.92 Å². The summed E-state index contributed by atoms with van der Waals surface area (Å²) in [7, 11) is 5.54. The van der Waals surface area contributed by atoms with Gasteiger partial charge in [-0.05, 0) is 48.6 Å². The Morgan fingerprint density at radius 1 is 1.04 bits per heavy atom. The van der Waals surface area contributed by atoms with Gasteiger partial charge in [0.25, 0.3) is 0 Å². The number of likely N-dealkylation sites (N-methyl/N-ethyl adjacent to an activating group) is 2. The molecule has 0 N–H and O–H groups in total. The lowest BCUT2D eigenvalue weighted by atomic mass is 10.0. The minimum absolute atomic E-state index is 0.00631. The summed E-state index contributed by atoms with van der Waals surface area (Å²) in [6.07, 6.45) is 0. The van der Waals surface area contributed by atoms with Crippen molar-refractivity contribution in [1.29, 1.82) is 0 Å². The van der Waals surface area contributed by atoms with Crippen LogP contribution in [0.2, 0.25) is 0 Å². The Bertz CT molecular complexity index is 906. The van der Waals surface area contributed by atoms with Crippen molar-refractivity contribution in [3.63, 3.8) is 0 Å². The number of aryl methyl sites for hydroxylation is 1. The van der Waals surface area contributed by atoms with Crippen molar-refractivity contribution in [2.24, 2.45) is 0 Å². The van der Waals surface area contributed by atoms with Gasteiger partial charge in [0.2, 0.25) is 5.91 Å². The topological polar surface area (TPSA) is 67.2 Å². The zero-order chi connectivity index (χ0) is 19.4. The lowest BCUT2D eigenvalue weighted by Crippen LogP contribution is -2.39. The van der Waals surface area contributed by atoms with Crippen LogP contribution in [0.25, 0.3) is 5.69 Å². The Kier molecular flexibility index (Phi) is 5.61. The average Bonchev–Trinajstić information content (AvgIpc) is 3.11. The molecule has 0 aliphatic carbocycles. The highest BCUT2D eigenvalue weighted by Crippen LogP contribution is 2.28. The summed E-state index contributed by atoms with van der Waals surface area (Å²) < 4.78 is 1.71. The molecule has 0 bridgehead atoms. The maximum atomic E-state index is 12.8. The normalized spacial score (nSPS) is 12.2. The van der Waals surface area contributed by atoms with E-state index in [1.54, 1.807) is 16.6 Å². The van der Waals surface area contributed by atoms with Gasteiger partial charge in [0.15, 0.2) is 5.82 Å². The summed E-state index contributed by atoms with van der Waals surface area (Å²) in [6.45, 7) is 2.32. The SMILES string of the molecule is Cc1ccccc1-n1nnnc1[C@H](c1ccccc1)N(C)C(=O)CN(C)C. The number of hydrogen-bond donors (Lipinski definition) is 0. The number of aromatic nitrogens is 4. The molecule has 1 atom stereocenters. The van der Waals surface area contributed by atoms with Gasteiger partial charge in [-0.1, -0.05) is 48.5 Å². The zero-order valence-corrected chi connectivity index (χ0v) is 16.1. The molecule has 7 nitrogen and oxygen atoms in total. The van der Waals surface area contributed by atoms with Gasteiger partial charge in [0, 0.05) is 7.05 Å². The third-order valence-electron chi connectivity index (χ3n) is 4.43. The van der Waals surface area contributed by atoms with Crippen LogP contribution in [-0.4, -0.2) is 63.6 Å². The van der Waals surface area contributed by atoms with E-state index in [2.05, 4.69) is 15.5 Å². The molecule has 0 fully saturated rings. The van der Waals surface area contributed by atoms with Crippen LogP contribution in [-0.2, 0) is 4.79 Å². The van der Waals surface area contributed by atoms with Crippen molar-refractivity contribution < 1.29 is 4.79 Å². The molecule has 7 heteroatoms. The van der Waals surface area contributed by atoms with Gasteiger partial charge in [0.1, 0.15) is 6.04 Å². The van der Waals surface area contributed by atoms with Crippen LogP contribution < -0.4 is 0 Å². The molecule has 0 saturated carbocycles. The standard InChI is InChI=1S/C20H24N6O/c1-15-10-8-9-13-17(15)26-20(21-22-23-26)19(16-11-6-5-7-12-16)25(4)18(27)14-24(2)3/h5-13,19H,14H2,1-4H3/t19-/m0/s1. The number of hydrogen-bond acceptors (Lipinski definition) is 5. The molecule has 0 aliphatic heterocycles. The quantitative estimate of drug-likeness (QED) is 0.670. The van der Waals surface area contributed by atoms with Crippen LogP contribution >= 0.6 is 0 Å². The second kappa shape index (κ2) is 8.09. The number of carbonyl (C=O) groups is 1. The molecule has 3 aromatic rings. The Morgan fingerprint density at radius 3 is 2.37 bits per heavy atom. The van der Waals surface area contributed by atoms with Crippen LogP contribution in [0.5, 0.6) is 0 Å². The molecule has 1 amide bonds. The molecule has 1 aromatic heterocycles. The summed E-state index contributed by atoms with van der Waals surface area (Å²) in [6, 6.07) is 17.3. The summed E-state index contributed by atoms with van der Waals surface area (Å²) in [5.74, 6) is 0.596. The number of rotatable bonds is 6. The fourth-order valence-corrected chi connectivity index (χ4v) is 3.04.